The minimum absolute atomic E-state index is 0.0591. The highest BCUT2D eigenvalue weighted by Crippen LogP contribution is 2.32. The van der Waals surface area contributed by atoms with Gasteiger partial charge in [0.15, 0.2) is 5.11 Å². The fraction of sp³-hybridized carbons (Fsp3) is 0.250. The number of aryl methyl sites for hydroxylation is 1. The molecule has 1 aromatic carbocycles. The van der Waals surface area contributed by atoms with Crippen molar-refractivity contribution in [3.05, 3.63) is 26.6 Å². The normalized spacial score (nSPS) is 10.3. The minimum atomic E-state index is -0.427. The van der Waals surface area contributed by atoms with E-state index in [1.165, 1.54) is 11.9 Å². The lowest BCUT2D eigenvalue weighted by atomic mass is 10.2. The number of ether oxygens (including phenoxy) is 1. The van der Waals surface area contributed by atoms with Crippen LogP contribution in [0.3, 0.4) is 0 Å². The Hall–Kier alpha value is -1.59. The molecule has 11 heteroatoms. The Morgan fingerprint density at radius 3 is 2.78 bits per heavy atom. The number of anilines is 1. The highest BCUT2D eigenvalue weighted by Gasteiger charge is 2.18. The number of tetrazole rings is 1. The predicted octanol–water partition coefficient (Wildman–Crippen LogP) is 2.35. The van der Waals surface area contributed by atoms with Crippen LogP contribution in [0.4, 0.5) is 5.95 Å². The summed E-state index contributed by atoms with van der Waals surface area (Å²) in [5.41, 5.74) is 0.322. The largest absolute Gasteiger partial charge is 0.495 e. The van der Waals surface area contributed by atoms with Gasteiger partial charge in [0.1, 0.15) is 5.75 Å². The first kappa shape index (κ1) is 17.8. The van der Waals surface area contributed by atoms with Gasteiger partial charge in [-0.05, 0) is 52.4 Å². The van der Waals surface area contributed by atoms with Crippen molar-refractivity contribution >= 4 is 61.0 Å². The molecule has 0 fully saturated rings. The van der Waals surface area contributed by atoms with Crippen LogP contribution in [0, 0.1) is 0 Å². The van der Waals surface area contributed by atoms with E-state index in [0.717, 1.165) is 4.47 Å². The Labute approximate surface area is 154 Å². The van der Waals surface area contributed by atoms with Crippen molar-refractivity contribution in [3.8, 4) is 5.75 Å². The molecule has 1 aromatic heterocycles. The molecule has 0 unspecified atom stereocenters. The van der Waals surface area contributed by atoms with Gasteiger partial charge in [0.2, 0.25) is 0 Å². The summed E-state index contributed by atoms with van der Waals surface area (Å²) in [5.74, 6) is 0.187. The second kappa shape index (κ2) is 7.79. The highest BCUT2D eigenvalue weighted by atomic mass is 79.9. The van der Waals surface area contributed by atoms with E-state index in [1.54, 1.807) is 12.1 Å². The molecule has 2 N–H and O–H groups in total. The summed E-state index contributed by atoms with van der Waals surface area (Å²) in [6.45, 7) is 2.46. The Morgan fingerprint density at radius 2 is 2.17 bits per heavy atom. The van der Waals surface area contributed by atoms with E-state index < -0.39 is 5.91 Å². The lowest BCUT2D eigenvalue weighted by Crippen LogP contribution is -2.34. The van der Waals surface area contributed by atoms with Crippen LogP contribution in [0.15, 0.2) is 21.1 Å². The first-order valence-electron chi connectivity index (χ1n) is 6.37. The van der Waals surface area contributed by atoms with E-state index in [2.05, 4.69) is 57.9 Å². The van der Waals surface area contributed by atoms with Crippen molar-refractivity contribution in [1.29, 1.82) is 0 Å². The van der Waals surface area contributed by atoms with Gasteiger partial charge in [0.25, 0.3) is 11.9 Å². The van der Waals surface area contributed by atoms with Crippen molar-refractivity contribution in [1.82, 2.24) is 25.5 Å². The van der Waals surface area contributed by atoms with Crippen LogP contribution in [-0.2, 0) is 6.54 Å². The monoisotopic (exact) mass is 462 g/mol. The highest BCUT2D eigenvalue weighted by molar-refractivity contribution is 9.11. The zero-order chi connectivity index (χ0) is 17.0. The van der Waals surface area contributed by atoms with Gasteiger partial charge in [-0.1, -0.05) is 21.0 Å². The number of thiocarbonyl (C=S) groups is 1. The lowest BCUT2D eigenvalue weighted by molar-refractivity contribution is 0.0974. The van der Waals surface area contributed by atoms with Crippen LogP contribution in [-0.4, -0.2) is 38.3 Å². The maximum atomic E-state index is 12.4. The average Bonchev–Trinajstić information content (AvgIpc) is 2.93. The molecule has 0 bridgehead atoms. The molecular weight excluding hydrogens is 452 g/mol. The number of carbonyl (C=O) groups excluding carboxylic acids is 1. The average molecular weight is 464 g/mol. The summed E-state index contributed by atoms with van der Waals surface area (Å²) in [6.07, 6.45) is 0. The number of nitrogens with one attached hydrogen (secondary N) is 2. The maximum absolute atomic E-state index is 12.4. The third-order valence-corrected chi connectivity index (χ3v) is 3.90. The van der Waals surface area contributed by atoms with E-state index in [9.17, 15) is 4.79 Å². The quantitative estimate of drug-likeness (QED) is 0.672. The van der Waals surface area contributed by atoms with Gasteiger partial charge in [-0.3, -0.25) is 15.4 Å². The van der Waals surface area contributed by atoms with Crippen molar-refractivity contribution < 1.29 is 9.53 Å². The van der Waals surface area contributed by atoms with Crippen LogP contribution >= 0.6 is 44.1 Å². The molecule has 0 radical (unpaired) electrons. The van der Waals surface area contributed by atoms with Crippen LogP contribution in [0.2, 0.25) is 0 Å². The topological polar surface area (TPSA) is 94.0 Å². The summed E-state index contributed by atoms with van der Waals surface area (Å²) in [6, 6.07) is 3.41. The van der Waals surface area contributed by atoms with Crippen LogP contribution in [0.25, 0.3) is 0 Å². The van der Waals surface area contributed by atoms with Gasteiger partial charge in [0, 0.05) is 4.47 Å². The van der Waals surface area contributed by atoms with Crippen molar-refractivity contribution in [3.63, 3.8) is 0 Å². The molecule has 0 atom stereocenters. The molecule has 0 aliphatic heterocycles. The molecule has 0 saturated heterocycles. The number of hydrogen-bond donors (Lipinski definition) is 2. The van der Waals surface area contributed by atoms with E-state index in [1.807, 2.05) is 6.92 Å². The lowest BCUT2D eigenvalue weighted by Gasteiger charge is -2.12. The first-order valence-corrected chi connectivity index (χ1v) is 8.37. The van der Waals surface area contributed by atoms with Crippen LogP contribution in [0.1, 0.15) is 17.3 Å². The number of benzene rings is 1. The number of hydrogen-bond acceptors (Lipinski definition) is 6. The number of carbonyl (C=O) groups is 1. The second-order valence-corrected chi connectivity index (χ2v) is 6.36. The Balaban J connectivity index is 2.11. The summed E-state index contributed by atoms with van der Waals surface area (Å²) in [7, 11) is 1.48. The Kier molecular flexibility index (Phi) is 6.02. The molecule has 2 aromatic rings. The third kappa shape index (κ3) is 4.45. The zero-order valence-corrected chi connectivity index (χ0v) is 16.1. The van der Waals surface area contributed by atoms with Gasteiger partial charge in [-0.2, -0.15) is 4.80 Å². The number of rotatable bonds is 4. The molecule has 1 heterocycles. The van der Waals surface area contributed by atoms with E-state index in [0.29, 0.717) is 22.3 Å². The third-order valence-electron chi connectivity index (χ3n) is 2.65. The second-order valence-electron chi connectivity index (χ2n) is 4.18. The molecule has 0 spiro atoms. The maximum Gasteiger partial charge on any atom is 0.269 e. The molecule has 0 aliphatic rings. The fourth-order valence-electron chi connectivity index (χ4n) is 1.67. The van der Waals surface area contributed by atoms with Crippen LogP contribution in [0.5, 0.6) is 5.75 Å². The molecule has 1 amide bonds. The van der Waals surface area contributed by atoms with Gasteiger partial charge in [-0.15, -0.1) is 5.10 Å². The molecule has 0 aliphatic carbocycles. The zero-order valence-electron chi connectivity index (χ0n) is 12.1. The first-order chi connectivity index (χ1) is 10.9. The summed E-state index contributed by atoms with van der Waals surface area (Å²) < 4.78 is 6.61. The fourth-order valence-corrected chi connectivity index (χ4v) is 3.24. The van der Waals surface area contributed by atoms with Crippen LogP contribution < -0.4 is 15.4 Å². The SMILES string of the molecule is CCn1nnc(NC(=S)NC(=O)c2cc(Br)cc(Br)c2OC)n1. The van der Waals surface area contributed by atoms with E-state index in [4.69, 9.17) is 17.0 Å². The van der Waals surface area contributed by atoms with Crippen molar-refractivity contribution in [2.45, 2.75) is 13.5 Å². The molecule has 0 saturated carbocycles. The standard InChI is InChI=1S/C12H12Br2N6O2S/c1-3-20-18-11(17-19-20)16-12(23)15-10(21)7-4-6(13)5-8(14)9(7)22-2/h4-5H,3H2,1-2H3,(H2,15,16,18,21,23). The van der Waals surface area contributed by atoms with E-state index in [-0.39, 0.29) is 11.1 Å². The summed E-state index contributed by atoms with van der Waals surface area (Å²) in [4.78, 5) is 13.8. The van der Waals surface area contributed by atoms with E-state index >= 15 is 0 Å². The van der Waals surface area contributed by atoms with Gasteiger partial charge < -0.3 is 4.74 Å². The minimum Gasteiger partial charge on any atom is -0.495 e. The number of nitrogens with zero attached hydrogens (tertiary/aromatic N) is 4. The summed E-state index contributed by atoms with van der Waals surface area (Å²) >= 11 is 11.8. The number of halogens is 2. The molecule has 23 heavy (non-hydrogen) atoms. The Morgan fingerprint density at radius 1 is 1.43 bits per heavy atom. The Bertz CT molecular complexity index is 751. The van der Waals surface area contributed by atoms with Crippen molar-refractivity contribution in [2.75, 3.05) is 12.4 Å². The number of aromatic nitrogens is 4. The summed E-state index contributed by atoms with van der Waals surface area (Å²) in [5, 5.41) is 16.9. The molecule has 8 nitrogen and oxygen atoms in total. The number of amides is 1. The molecule has 2 rings (SSSR count). The van der Waals surface area contributed by atoms with Gasteiger partial charge >= 0.3 is 0 Å². The smallest absolute Gasteiger partial charge is 0.269 e. The van der Waals surface area contributed by atoms with Crippen molar-refractivity contribution in [2.24, 2.45) is 0 Å². The predicted molar refractivity (Wildman–Crippen MR) is 95.6 cm³/mol. The molecule has 122 valence electrons. The van der Waals surface area contributed by atoms with Gasteiger partial charge in [0.05, 0.1) is 23.7 Å². The van der Waals surface area contributed by atoms with Gasteiger partial charge in [-0.25, -0.2) is 0 Å². The number of methoxy groups -OCH3 is 1. The molecular formula is C12H12Br2N6O2S.